The van der Waals surface area contributed by atoms with Crippen molar-refractivity contribution in [1.29, 1.82) is 0 Å². The van der Waals surface area contributed by atoms with Crippen LogP contribution in [0.2, 0.25) is 0 Å². The number of urea groups is 1. The zero-order valence-electron chi connectivity index (χ0n) is 14.8. The smallest absolute Gasteiger partial charge is 0.337 e. The van der Waals surface area contributed by atoms with Crippen molar-refractivity contribution in [1.82, 2.24) is 9.80 Å². The second-order valence-electron chi connectivity index (χ2n) is 6.19. The van der Waals surface area contributed by atoms with Gasteiger partial charge in [-0.3, -0.25) is 0 Å². The molecule has 1 fully saturated rings. The van der Waals surface area contributed by atoms with Gasteiger partial charge in [-0.15, -0.1) is 0 Å². The van der Waals surface area contributed by atoms with E-state index in [4.69, 9.17) is 4.74 Å². The van der Waals surface area contributed by atoms with Crippen LogP contribution >= 0.6 is 0 Å². The van der Waals surface area contributed by atoms with Gasteiger partial charge in [0, 0.05) is 33.7 Å². The molecule has 24 heavy (non-hydrogen) atoms. The third kappa shape index (κ3) is 4.38. The van der Waals surface area contributed by atoms with E-state index in [2.05, 4.69) is 17.3 Å². The zero-order chi connectivity index (χ0) is 17.7. The maximum Gasteiger partial charge on any atom is 0.337 e. The number of carbonyl (C=O) groups is 2. The van der Waals surface area contributed by atoms with E-state index in [-0.39, 0.29) is 6.03 Å². The summed E-state index contributed by atoms with van der Waals surface area (Å²) in [5, 5.41) is 2.96. The van der Waals surface area contributed by atoms with Crippen LogP contribution < -0.4 is 10.2 Å². The number of esters is 1. The first-order valence-corrected chi connectivity index (χ1v) is 8.06. The predicted octanol–water partition coefficient (Wildman–Crippen LogP) is 1.71. The van der Waals surface area contributed by atoms with Crippen molar-refractivity contribution in [2.75, 3.05) is 64.6 Å². The summed E-state index contributed by atoms with van der Waals surface area (Å²) in [7, 11) is 7.15. The van der Waals surface area contributed by atoms with Crippen molar-refractivity contribution in [2.24, 2.45) is 0 Å². The third-order valence-electron chi connectivity index (χ3n) is 4.15. The van der Waals surface area contributed by atoms with Crippen LogP contribution in [0, 0.1) is 0 Å². The molecule has 1 N–H and O–H groups in total. The lowest BCUT2D eigenvalue weighted by Crippen LogP contribution is -2.37. The molecular formula is C17H26N4O3. The van der Waals surface area contributed by atoms with E-state index in [1.165, 1.54) is 7.11 Å². The van der Waals surface area contributed by atoms with E-state index < -0.39 is 5.97 Å². The highest BCUT2D eigenvalue weighted by Gasteiger charge is 2.19. The summed E-state index contributed by atoms with van der Waals surface area (Å²) in [6, 6.07) is 5.00. The standard InChI is InChI=1S/C17H26N4O3/c1-19(2)15-12-13(16(22)24-4)6-7-14(15)18-17(23)21-9-5-8-20(3)10-11-21/h6-7,12H,5,8-11H2,1-4H3,(H,18,23). The number of nitrogens with one attached hydrogen (secondary N) is 1. The minimum absolute atomic E-state index is 0.112. The zero-order valence-corrected chi connectivity index (χ0v) is 14.8. The normalized spacial score (nSPS) is 15.6. The second kappa shape index (κ2) is 8.01. The Morgan fingerprint density at radius 3 is 2.58 bits per heavy atom. The molecule has 1 heterocycles. The highest BCUT2D eigenvalue weighted by Crippen LogP contribution is 2.26. The number of nitrogens with zero attached hydrogens (tertiary/aromatic N) is 3. The van der Waals surface area contributed by atoms with E-state index in [0.717, 1.165) is 31.7 Å². The van der Waals surface area contributed by atoms with E-state index in [1.807, 2.05) is 23.9 Å². The monoisotopic (exact) mass is 334 g/mol. The number of hydrogen-bond acceptors (Lipinski definition) is 5. The molecule has 0 bridgehead atoms. The molecule has 2 rings (SSSR count). The van der Waals surface area contributed by atoms with Crippen molar-refractivity contribution < 1.29 is 14.3 Å². The summed E-state index contributed by atoms with van der Waals surface area (Å²) >= 11 is 0. The Morgan fingerprint density at radius 1 is 1.17 bits per heavy atom. The number of carbonyl (C=O) groups excluding carboxylic acids is 2. The summed E-state index contributed by atoms with van der Waals surface area (Å²) in [6.07, 6.45) is 0.964. The molecule has 1 saturated heterocycles. The number of rotatable bonds is 3. The first-order valence-electron chi connectivity index (χ1n) is 8.06. The first-order chi connectivity index (χ1) is 11.4. The number of amides is 2. The van der Waals surface area contributed by atoms with Crippen LogP contribution in [0.25, 0.3) is 0 Å². The van der Waals surface area contributed by atoms with Crippen LogP contribution in [0.1, 0.15) is 16.8 Å². The summed E-state index contributed by atoms with van der Waals surface area (Å²) in [4.78, 5) is 30.2. The minimum Gasteiger partial charge on any atom is -0.465 e. The van der Waals surface area contributed by atoms with Gasteiger partial charge in [0.15, 0.2) is 0 Å². The van der Waals surface area contributed by atoms with Gasteiger partial charge in [-0.1, -0.05) is 0 Å². The van der Waals surface area contributed by atoms with E-state index >= 15 is 0 Å². The number of benzene rings is 1. The van der Waals surface area contributed by atoms with Gasteiger partial charge in [0.1, 0.15) is 0 Å². The lowest BCUT2D eigenvalue weighted by atomic mass is 10.1. The lowest BCUT2D eigenvalue weighted by Gasteiger charge is -2.24. The Hall–Kier alpha value is -2.28. The fraction of sp³-hybridized carbons (Fsp3) is 0.529. The molecule has 0 atom stereocenters. The molecule has 0 radical (unpaired) electrons. The van der Waals surface area contributed by atoms with E-state index in [9.17, 15) is 9.59 Å². The average Bonchev–Trinajstić information content (AvgIpc) is 2.78. The van der Waals surface area contributed by atoms with Gasteiger partial charge in [0.25, 0.3) is 0 Å². The Kier molecular flexibility index (Phi) is 6.03. The molecule has 0 spiro atoms. The van der Waals surface area contributed by atoms with Gasteiger partial charge in [-0.25, -0.2) is 9.59 Å². The summed E-state index contributed by atoms with van der Waals surface area (Å²) < 4.78 is 4.75. The van der Waals surface area contributed by atoms with Crippen molar-refractivity contribution >= 4 is 23.4 Å². The van der Waals surface area contributed by atoms with E-state index in [1.54, 1.807) is 18.2 Å². The number of anilines is 2. The quantitative estimate of drug-likeness (QED) is 0.853. The molecule has 132 valence electrons. The molecular weight excluding hydrogens is 308 g/mol. The Bertz CT molecular complexity index is 603. The number of methoxy groups -OCH3 is 1. The highest BCUT2D eigenvalue weighted by atomic mass is 16.5. The van der Waals surface area contributed by atoms with Crippen LogP contribution in [0.4, 0.5) is 16.2 Å². The van der Waals surface area contributed by atoms with Gasteiger partial charge in [-0.05, 0) is 38.2 Å². The van der Waals surface area contributed by atoms with Crippen molar-refractivity contribution in [3.63, 3.8) is 0 Å². The number of likely N-dealkylation sites (N-methyl/N-ethyl adjacent to an activating group) is 1. The number of ether oxygens (including phenoxy) is 1. The van der Waals surface area contributed by atoms with Gasteiger partial charge in [0.2, 0.25) is 0 Å². The van der Waals surface area contributed by atoms with Crippen molar-refractivity contribution in [3.05, 3.63) is 23.8 Å². The largest absolute Gasteiger partial charge is 0.465 e. The summed E-state index contributed by atoms with van der Waals surface area (Å²) in [5.41, 5.74) is 1.89. The number of hydrogen-bond donors (Lipinski definition) is 1. The lowest BCUT2D eigenvalue weighted by molar-refractivity contribution is 0.0601. The molecule has 0 unspecified atom stereocenters. The fourth-order valence-corrected chi connectivity index (χ4v) is 2.70. The van der Waals surface area contributed by atoms with Crippen LogP contribution in [0.15, 0.2) is 18.2 Å². The molecule has 0 aromatic heterocycles. The van der Waals surface area contributed by atoms with Crippen LogP contribution in [0.3, 0.4) is 0 Å². The first kappa shape index (κ1) is 18.1. The Morgan fingerprint density at radius 2 is 1.92 bits per heavy atom. The molecule has 1 aromatic carbocycles. The average molecular weight is 334 g/mol. The second-order valence-corrected chi connectivity index (χ2v) is 6.19. The molecule has 2 amide bonds. The highest BCUT2D eigenvalue weighted by molar-refractivity contribution is 5.96. The molecule has 7 heteroatoms. The van der Waals surface area contributed by atoms with E-state index in [0.29, 0.717) is 17.8 Å². The SMILES string of the molecule is COC(=O)c1ccc(NC(=O)N2CCCN(C)CC2)c(N(C)C)c1. The molecule has 7 nitrogen and oxygen atoms in total. The summed E-state index contributed by atoms with van der Waals surface area (Å²) in [6.45, 7) is 3.32. The third-order valence-corrected chi connectivity index (χ3v) is 4.15. The predicted molar refractivity (Wildman–Crippen MR) is 94.8 cm³/mol. The van der Waals surface area contributed by atoms with Crippen LogP contribution in [-0.4, -0.2) is 76.2 Å². The Balaban J connectivity index is 2.16. The van der Waals surface area contributed by atoms with Crippen molar-refractivity contribution in [2.45, 2.75) is 6.42 Å². The molecule has 0 aliphatic carbocycles. The topological polar surface area (TPSA) is 65.1 Å². The van der Waals surface area contributed by atoms with Gasteiger partial charge < -0.3 is 24.8 Å². The molecule has 1 aromatic rings. The van der Waals surface area contributed by atoms with Gasteiger partial charge in [-0.2, -0.15) is 0 Å². The molecule has 1 aliphatic rings. The van der Waals surface area contributed by atoms with Gasteiger partial charge >= 0.3 is 12.0 Å². The Labute approximate surface area is 143 Å². The molecule has 1 aliphatic heterocycles. The van der Waals surface area contributed by atoms with Crippen LogP contribution in [-0.2, 0) is 4.74 Å². The van der Waals surface area contributed by atoms with Gasteiger partial charge in [0.05, 0.1) is 24.0 Å². The molecule has 0 saturated carbocycles. The maximum atomic E-state index is 12.6. The fourth-order valence-electron chi connectivity index (χ4n) is 2.70. The van der Waals surface area contributed by atoms with Crippen molar-refractivity contribution in [3.8, 4) is 0 Å². The summed E-state index contributed by atoms with van der Waals surface area (Å²) in [5.74, 6) is -0.397. The van der Waals surface area contributed by atoms with Crippen LogP contribution in [0.5, 0.6) is 0 Å². The minimum atomic E-state index is -0.397. The maximum absolute atomic E-state index is 12.6.